The van der Waals surface area contributed by atoms with Gasteiger partial charge in [-0.25, -0.2) is 4.98 Å². The number of hydrogen-bond donors (Lipinski definition) is 0. The van der Waals surface area contributed by atoms with Gasteiger partial charge in [-0.2, -0.15) is 4.98 Å². The molecule has 2 aromatic heterocycles. The average molecular weight is 370 g/mol. The van der Waals surface area contributed by atoms with Crippen molar-refractivity contribution >= 4 is 17.2 Å². The molecule has 4 rings (SSSR count). The van der Waals surface area contributed by atoms with Crippen LogP contribution in [0.25, 0.3) is 11.5 Å². The lowest BCUT2D eigenvalue weighted by atomic mass is 10.2. The third-order valence-electron chi connectivity index (χ3n) is 4.25. The first-order valence-corrected chi connectivity index (χ1v) is 9.17. The van der Waals surface area contributed by atoms with E-state index in [1.807, 2.05) is 44.2 Å². The van der Waals surface area contributed by atoms with Gasteiger partial charge in [0.15, 0.2) is 5.82 Å². The Bertz CT molecular complexity index is 922. The second kappa shape index (κ2) is 6.97. The predicted octanol–water partition coefficient (Wildman–Crippen LogP) is 3.02. The summed E-state index contributed by atoms with van der Waals surface area (Å²) in [7, 11) is 0. The summed E-state index contributed by atoms with van der Waals surface area (Å²) in [6.07, 6.45) is 0. The third-order valence-corrected chi connectivity index (χ3v) is 5.31. The summed E-state index contributed by atoms with van der Waals surface area (Å²) in [6.45, 7) is 5.07. The van der Waals surface area contributed by atoms with Gasteiger partial charge in [0, 0.05) is 12.1 Å². The van der Waals surface area contributed by atoms with Crippen LogP contribution in [-0.2, 0) is 4.74 Å². The lowest BCUT2D eigenvalue weighted by molar-refractivity contribution is -0.00556. The molecule has 1 amide bonds. The largest absolute Gasteiger partial charge is 0.377 e. The van der Waals surface area contributed by atoms with Crippen molar-refractivity contribution in [2.45, 2.75) is 19.9 Å². The van der Waals surface area contributed by atoms with Gasteiger partial charge in [0.25, 0.3) is 11.8 Å². The van der Waals surface area contributed by atoms with Crippen LogP contribution in [0.2, 0.25) is 0 Å². The Balaban J connectivity index is 1.63. The Labute approximate surface area is 154 Å². The Kier molecular flexibility index (Phi) is 4.52. The number of ether oxygens (including phenoxy) is 1. The van der Waals surface area contributed by atoms with Crippen molar-refractivity contribution in [3.8, 4) is 11.5 Å². The van der Waals surface area contributed by atoms with Crippen LogP contribution in [0.15, 0.2) is 34.9 Å². The maximum absolute atomic E-state index is 13.0. The quantitative estimate of drug-likeness (QED) is 0.705. The van der Waals surface area contributed by atoms with E-state index in [0.29, 0.717) is 36.4 Å². The molecule has 3 heterocycles. The molecule has 0 spiro atoms. The molecule has 1 fully saturated rings. The van der Waals surface area contributed by atoms with E-state index in [9.17, 15) is 4.79 Å². The molecule has 7 nitrogen and oxygen atoms in total. The predicted molar refractivity (Wildman–Crippen MR) is 95.9 cm³/mol. The number of rotatable bonds is 3. The summed E-state index contributed by atoms with van der Waals surface area (Å²) >= 11 is 1.41. The van der Waals surface area contributed by atoms with E-state index in [1.165, 1.54) is 11.3 Å². The minimum atomic E-state index is -0.376. The molecule has 1 saturated heterocycles. The van der Waals surface area contributed by atoms with Gasteiger partial charge in [-0.1, -0.05) is 23.4 Å². The molecule has 0 radical (unpaired) electrons. The Morgan fingerprint density at radius 3 is 2.77 bits per heavy atom. The number of aryl methyl sites for hydroxylation is 2. The Morgan fingerprint density at radius 1 is 1.23 bits per heavy atom. The minimum absolute atomic E-state index is 0.0625. The Morgan fingerprint density at radius 2 is 2.04 bits per heavy atom. The molecule has 1 aromatic carbocycles. The zero-order valence-corrected chi connectivity index (χ0v) is 15.3. The molecule has 0 unspecified atom stereocenters. The van der Waals surface area contributed by atoms with Gasteiger partial charge in [0.1, 0.15) is 10.9 Å². The zero-order chi connectivity index (χ0) is 18.1. The molecule has 1 aliphatic heterocycles. The van der Waals surface area contributed by atoms with Gasteiger partial charge in [-0.15, -0.1) is 11.3 Å². The van der Waals surface area contributed by atoms with Crippen molar-refractivity contribution in [3.05, 3.63) is 51.7 Å². The highest BCUT2D eigenvalue weighted by Crippen LogP contribution is 2.28. The van der Waals surface area contributed by atoms with Gasteiger partial charge in [0.05, 0.1) is 23.9 Å². The molecule has 26 heavy (non-hydrogen) atoms. The topological polar surface area (TPSA) is 81.4 Å². The third kappa shape index (κ3) is 3.13. The number of morpholine rings is 1. The average Bonchev–Trinajstić information content (AvgIpc) is 3.28. The lowest BCUT2D eigenvalue weighted by Crippen LogP contribution is -2.43. The molecule has 8 heteroatoms. The van der Waals surface area contributed by atoms with Crippen molar-refractivity contribution < 1.29 is 14.1 Å². The number of carbonyl (C=O) groups is 1. The van der Waals surface area contributed by atoms with Crippen molar-refractivity contribution in [1.82, 2.24) is 20.0 Å². The molecule has 1 atom stereocenters. The normalized spacial score (nSPS) is 17.5. The van der Waals surface area contributed by atoms with Crippen LogP contribution in [0.1, 0.15) is 32.2 Å². The molecule has 0 aliphatic carbocycles. The number of amides is 1. The smallest absolute Gasteiger partial charge is 0.266 e. The highest BCUT2D eigenvalue weighted by Gasteiger charge is 2.34. The number of hydrogen-bond acceptors (Lipinski definition) is 7. The van der Waals surface area contributed by atoms with Gasteiger partial charge in [0.2, 0.25) is 0 Å². The highest BCUT2D eigenvalue weighted by atomic mass is 32.1. The van der Waals surface area contributed by atoms with E-state index in [0.717, 1.165) is 16.3 Å². The SMILES string of the molecule is Cc1nc(C)c(C(=O)N2CCOC[C@@H]2c2noc(-c3ccccc3)n2)s1. The van der Waals surface area contributed by atoms with Gasteiger partial charge < -0.3 is 14.2 Å². The maximum atomic E-state index is 13.0. The molecule has 1 aliphatic rings. The number of thiazole rings is 1. The van der Waals surface area contributed by atoms with E-state index in [2.05, 4.69) is 15.1 Å². The number of benzene rings is 1. The van der Waals surface area contributed by atoms with E-state index < -0.39 is 0 Å². The number of aromatic nitrogens is 3. The van der Waals surface area contributed by atoms with Gasteiger partial charge in [-0.3, -0.25) is 4.79 Å². The van der Waals surface area contributed by atoms with Crippen molar-refractivity contribution in [1.29, 1.82) is 0 Å². The summed E-state index contributed by atoms with van der Waals surface area (Å²) in [5.74, 6) is 0.826. The first kappa shape index (κ1) is 16.9. The molecule has 134 valence electrons. The lowest BCUT2D eigenvalue weighted by Gasteiger charge is -2.33. The van der Waals surface area contributed by atoms with Crippen LogP contribution in [0, 0.1) is 13.8 Å². The fraction of sp³-hybridized carbons (Fsp3) is 0.333. The maximum Gasteiger partial charge on any atom is 0.266 e. The van der Waals surface area contributed by atoms with Crippen LogP contribution in [0.4, 0.5) is 0 Å². The van der Waals surface area contributed by atoms with Crippen molar-refractivity contribution in [2.75, 3.05) is 19.8 Å². The van der Waals surface area contributed by atoms with E-state index in [1.54, 1.807) is 4.90 Å². The molecule has 0 bridgehead atoms. The first-order chi connectivity index (χ1) is 12.6. The van der Waals surface area contributed by atoms with E-state index in [-0.39, 0.29) is 11.9 Å². The van der Waals surface area contributed by atoms with Crippen LogP contribution in [0.5, 0.6) is 0 Å². The monoisotopic (exact) mass is 370 g/mol. The van der Waals surface area contributed by atoms with E-state index >= 15 is 0 Å². The van der Waals surface area contributed by atoms with Crippen LogP contribution in [0.3, 0.4) is 0 Å². The van der Waals surface area contributed by atoms with Gasteiger partial charge >= 0.3 is 0 Å². The minimum Gasteiger partial charge on any atom is -0.377 e. The Hall–Kier alpha value is -2.58. The van der Waals surface area contributed by atoms with Crippen LogP contribution >= 0.6 is 11.3 Å². The first-order valence-electron chi connectivity index (χ1n) is 8.35. The summed E-state index contributed by atoms with van der Waals surface area (Å²) < 4.78 is 11.0. The van der Waals surface area contributed by atoms with E-state index in [4.69, 9.17) is 9.26 Å². The standard InChI is InChI=1S/C18H18N4O3S/c1-11-15(26-12(2)19-11)18(23)22-8-9-24-10-14(22)16-20-17(25-21-16)13-6-4-3-5-7-13/h3-7,14H,8-10H2,1-2H3/t14-/m1/s1. The molecular formula is C18H18N4O3S. The number of carbonyl (C=O) groups excluding carboxylic acids is 1. The summed E-state index contributed by atoms with van der Waals surface area (Å²) in [4.78, 5) is 24.3. The van der Waals surface area contributed by atoms with Crippen LogP contribution in [-0.4, -0.2) is 45.7 Å². The van der Waals surface area contributed by atoms with Crippen LogP contribution < -0.4 is 0 Å². The number of nitrogens with zero attached hydrogens (tertiary/aromatic N) is 4. The summed E-state index contributed by atoms with van der Waals surface area (Å²) in [6, 6.07) is 9.18. The van der Waals surface area contributed by atoms with Gasteiger partial charge in [-0.05, 0) is 26.0 Å². The molecule has 3 aromatic rings. The highest BCUT2D eigenvalue weighted by molar-refractivity contribution is 7.13. The molecule has 0 N–H and O–H groups in total. The zero-order valence-electron chi connectivity index (χ0n) is 14.5. The fourth-order valence-electron chi connectivity index (χ4n) is 2.99. The van der Waals surface area contributed by atoms with Crippen molar-refractivity contribution in [2.24, 2.45) is 0 Å². The van der Waals surface area contributed by atoms with Crippen molar-refractivity contribution in [3.63, 3.8) is 0 Å². The fourth-order valence-corrected chi connectivity index (χ4v) is 3.86. The summed E-state index contributed by atoms with van der Waals surface area (Å²) in [5.41, 5.74) is 1.59. The second-order valence-corrected chi connectivity index (χ2v) is 7.26. The second-order valence-electron chi connectivity index (χ2n) is 6.06. The molecular weight excluding hydrogens is 352 g/mol. The summed E-state index contributed by atoms with van der Waals surface area (Å²) in [5, 5.41) is 4.97. The molecule has 0 saturated carbocycles.